The van der Waals surface area contributed by atoms with Crippen molar-refractivity contribution in [3.05, 3.63) is 59.7 Å². The van der Waals surface area contributed by atoms with Crippen LogP contribution in [0.2, 0.25) is 0 Å². The van der Waals surface area contributed by atoms with E-state index in [1.165, 1.54) is 11.1 Å². The lowest BCUT2D eigenvalue weighted by molar-refractivity contribution is -0.117. The molecular formula is C26H33NO3. The van der Waals surface area contributed by atoms with Crippen molar-refractivity contribution in [2.75, 3.05) is 25.6 Å². The van der Waals surface area contributed by atoms with E-state index in [1.54, 1.807) is 7.11 Å². The van der Waals surface area contributed by atoms with Gasteiger partial charge in [0.2, 0.25) is 5.91 Å². The summed E-state index contributed by atoms with van der Waals surface area (Å²) >= 11 is 0. The largest absolute Gasteiger partial charge is 0.497 e. The Balaban J connectivity index is 1.22. The van der Waals surface area contributed by atoms with Gasteiger partial charge >= 0.3 is 0 Å². The second-order valence-electron chi connectivity index (χ2n) is 8.75. The highest BCUT2D eigenvalue weighted by atomic mass is 16.5. The van der Waals surface area contributed by atoms with Crippen molar-refractivity contribution in [2.45, 2.75) is 56.8 Å². The van der Waals surface area contributed by atoms with Crippen LogP contribution in [0, 0.1) is 5.92 Å². The number of benzene rings is 2. The van der Waals surface area contributed by atoms with Crippen LogP contribution in [0.4, 0.5) is 5.69 Å². The predicted octanol–water partition coefficient (Wildman–Crippen LogP) is 5.89. The van der Waals surface area contributed by atoms with Crippen LogP contribution in [0.15, 0.2) is 48.5 Å². The quantitative estimate of drug-likeness (QED) is 0.649. The maximum atomic E-state index is 12.5. The van der Waals surface area contributed by atoms with Gasteiger partial charge in [-0.15, -0.1) is 0 Å². The van der Waals surface area contributed by atoms with Crippen LogP contribution in [-0.2, 0) is 9.53 Å². The highest BCUT2D eigenvalue weighted by molar-refractivity contribution is 5.90. The molecule has 2 fully saturated rings. The Bertz CT molecular complexity index is 801. The molecule has 1 saturated heterocycles. The fourth-order valence-electron chi connectivity index (χ4n) is 4.92. The standard InChI is InChI=1S/C26H33NO3/c1-29-25-12-8-22(9-13-25)20-4-2-19(3-5-20)18-26(28)27-24-10-6-21(7-11-24)23-14-16-30-17-15-23/h6-13,19-20,23H,2-5,14-18H2,1H3,(H,27,28)/t19-,20+. The van der Waals surface area contributed by atoms with Gasteiger partial charge in [0, 0.05) is 25.3 Å². The van der Waals surface area contributed by atoms with E-state index in [0.29, 0.717) is 24.2 Å². The number of hydrogen-bond donors (Lipinski definition) is 1. The molecule has 4 nitrogen and oxygen atoms in total. The van der Waals surface area contributed by atoms with Gasteiger partial charge in [-0.2, -0.15) is 0 Å². The molecule has 0 radical (unpaired) electrons. The van der Waals surface area contributed by atoms with Crippen LogP contribution in [0.25, 0.3) is 0 Å². The van der Waals surface area contributed by atoms with E-state index in [2.05, 4.69) is 29.6 Å². The van der Waals surface area contributed by atoms with Crippen molar-refractivity contribution < 1.29 is 14.3 Å². The molecule has 2 aromatic rings. The molecule has 2 aromatic carbocycles. The van der Waals surface area contributed by atoms with Crippen LogP contribution >= 0.6 is 0 Å². The normalized spacial score (nSPS) is 22.4. The first-order valence-corrected chi connectivity index (χ1v) is 11.3. The summed E-state index contributed by atoms with van der Waals surface area (Å²) in [6, 6.07) is 16.9. The molecule has 1 saturated carbocycles. The first-order valence-electron chi connectivity index (χ1n) is 11.3. The summed E-state index contributed by atoms with van der Waals surface area (Å²) in [6.45, 7) is 1.70. The van der Waals surface area contributed by atoms with Gasteiger partial charge in [-0.1, -0.05) is 24.3 Å². The lowest BCUT2D eigenvalue weighted by atomic mass is 9.77. The molecule has 160 valence electrons. The lowest BCUT2D eigenvalue weighted by Gasteiger charge is -2.28. The second kappa shape index (κ2) is 10.1. The third kappa shape index (κ3) is 5.42. The van der Waals surface area contributed by atoms with Crippen LogP contribution in [0.3, 0.4) is 0 Å². The third-order valence-electron chi connectivity index (χ3n) is 6.80. The average Bonchev–Trinajstić information content (AvgIpc) is 2.81. The first-order chi connectivity index (χ1) is 14.7. The van der Waals surface area contributed by atoms with Crippen molar-refractivity contribution in [3.63, 3.8) is 0 Å². The summed E-state index contributed by atoms with van der Waals surface area (Å²) in [4.78, 5) is 12.5. The third-order valence-corrected chi connectivity index (χ3v) is 6.80. The number of carbonyl (C=O) groups is 1. The number of amides is 1. The van der Waals surface area contributed by atoms with Crippen molar-refractivity contribution >= 4 is 11.6 Å². The zero-order valence-corrected chi connectivity index (χ0v) is 17.9. The summed E-state index contributed by atoms with van der Waals surface area (Å²) in [5.41, 5.74) is 3.65. The van der Waals surface area contributed by atoms with Gasteiger partial charge < -0.3 is 14.8 Å². The Hall–Kier alpha value is -2.33. The molecule has 2 aliphatic rings. The number of hydrogen-bond acceptors (Lipinski definition) is 3. The molecule has 1 N–H and O–H groups in total. The maximum absolute atomic E-state index is 12.5. The number of anilines is 1. The minimum atomic E-state index is 0.140. The van der Waals surface area contributed by atoms with Crippen LogP contribution in [0.1, 0.15) is 67.9 Å². The summed E-state index contributed by atoms with van der Waals surface area (Å²) in [5, 5.41) is 3.10. The van der Waals surface area contributed by atoms with E-state index < -0.39 is 0 Å². The molecule has 0 bridgehead atoms. The number of nitrogens with one attached hydrogen (secondary N) is 1. The molecule has 0 spiro atoms. The summed E-state index contributed by atoms with van der Waals surface area (Å²) < 4.78 is 10.7. The molecule has 1 aliphatic heterocycles. The summed E-state index contributed by atoms with van der Waals surface area (Å²) in [7, 11) is 1.70. The molecule has 1 heterocycles. The summed E-state index contributed by atoms with van der Waals surface area (Å²) in [6.07, 6.45) is 7.35. The van der Waals surface area contributed by atoms with Crippen LogP contribution < -0.4 is 10.1 Å². The molecule has 0 unspecified atom stereocenters. The van der Waals surface area contributed by atoms with Gasteiger partial charge in [0.15, 0.2) is 0 Å². The Morgan fingerprint density at radius 2 is 1.43 bits per heavy atom. The zero-order valence-electron chi connectivity index (χ0n) is 17.9. The molecule has 0 aromatic heterocycles. The lowest BCUT2D eigenvalue weighted by Crippen LogP contribution is -2.20. The van der Waals surface area contributed by atoms with Gasteiger partial charge in [-0.3, -0.25) is 4.79 Å². The Morgan fingerprint density at radius 3 is 2.03 bits per heavy atom. The van der Waals surface area contributed by atoms with E-state index >= 15 is 0 Å². The predicted molar refractivity (Wildman–Crippen MR) is 120 cm³/mol. The van der Waals surface area contributed by atoms with E-state index in [4.69, 9.17) is 9.47 Å². The Morgan fingerprint density at radius 1 is 0.867 bits per heavy atom. The topological polar surface area (TPSA) is 47.6 Å². The fraction of sp³-hybridized carbons (Fsp3) is 0.500. The van der Waals surface area contributed by atoms with Crippen LogP contribution in [-0.4, -0.2) is 26.2 Å². The minimum Gasteiger partial charge on any atom is -0.497 e. The highest BCUT2D eigenvalue weighted by Gasteiger charge is 2.24. The minimum absolute atomic E-state index is 0.140. The van der Waals surface area contributed by atoms with Crippen molar-refractivity contribution in [1.29, 1.82) is 0 Å². The number of carbonyl (C=O) groups excluding carboxylic acids is 1. The van der Waals surface area contributed by atoms with Gasteiger partial charge in [0.25, 0.3) is 0 Å². The molecule has 30 heavy (non-hydrogen) atoms. The summed E-state index contributed by atoms with van der Waals surface area (Å²) in [5.74, 6) is 2.73. The molecule has 4 rings (SSSR count). The molecule has 1 aliphatic carbocycles. The van der Waals surface area contributed by atoms with E-state index in [-0.39, 0.29) is 5.91 Å². The second-order valence-corrected chi connectivity index (χ2v) is 8.75. The number of ether oxygens (including phenoxy) is 2. The number of methoxy groups -OCH3 is 1. The average molecular weight is 408 g/mol. The van der Waals surface area contributed by atoms with Crippen molar-refractivity contribution in [3.8, 4) is 5.75 Å². The monoisotopic (exact) mass is 407 g/mol. The maximum Gasteiger partial charge on any atom is 0.224 e. The van der Waals surface area contributed by atoms with E-state index in [0.717, 1.165) is 63.2 Å². The molecule has 0 atom stereocenters. The number of rotatable bonds is 6. The molecule has 1 amide bonds. The van der Waals surface area contributed by atoms with E-state index in [9.17, 15) is 4.79 Å². The fourth-order valence-corrected chi connectivity index (χ4v) is 4.92. The molecular weight excluding hydrogens is 374 g/mol. The van der Waals surface area contributed by atoms with Gasteiger partial charge in [-0.25, -0.2) is 0 Å². The zero-order chi connectivity index (χ0) is 20.8. The van der Waals surface area contributed by atoms with Crippen molar-refractivity contribution in [1.82, 2.24) is 0 Å². The van der Waals surface area contributed by atoms with E-state index in [1.807, 2.05) is 24.3 Å². The highest BCUT2D eigenvalue weighted by Crippen LogP contribution is 2.37. The SMILES string of the molecule is COc1ccc([C@H]2CC[C@@H](CC(=O)Nc3ccc(C4CCOCC4)cc3)CC2)cc1. The van der Waals surface area contributed by atoms with Gasteiger partial charge in [0.05, 0.1) is 7.11 Å². The van der Waals surface area contributed by atoms with Gasteiger partial charge in [-0.05, 0) is 91.7 Å². The van der Waals surface area contributed by atoms with Crippen LogP contribution in [0.5, 0.6) is 5.75 Å². The van der Waals surface area contributed by atoms with Gasteiger partial charge in [0.1, 0.15) is 5.75 Å². The Labute approximate surface area is 180 Å². The molecule has 4 heteroatoms. The Kier molecular flexibility index (Phi) is 7.06. The first kappa shape index (κ1) is 20.9. The van der Waals surface area contributed by atoms with Crippen molar-refractivity contribution in [2.24, 2.45) is 5.92 Å². The smallest absolute Gasteiger partial charge is 0.224 e.